The predicted octanol–water partition coefficient (Wildman–Crippen LogP) is 3.25. The molecule has 2 bridgehead atoms. The van der Waals surface area contributed by atoms with Gasteiger partial charge in [0.1, 0.15) is 18.5 Å². The summed E-state index contributed by atoms with van der Waals surface area (Å²) in [5, 5.41) is 3.32. The summed E-state index contributed by atoms with van der Waals surface area (Å²) >= 11 is 0. The lowest BCUT2D eigenvalue weighted by Gasteiger charge is -2.42. The number of nitrogens with one attached hydrogen (secondary N) is 1. The van der Waals surface area contributed by atoms with E-state index in [4.69, 9.17) is 14.2 Å². The van der Waals surface area contributed by atoms with Gasteiger partial charge in [0.2, 0.25) is 5.91 Å². The first kappa shape index (κ1) is 21.2. The van der Waals surface area contributed by atoms with Crippen LogP contribution in [0.4, 0.5) is 0 Å². The number of nitrogens with zero attached hydrogens (tertiary/aromatic N) is 1. The maximum absolute atomic E-state index is 12.8. The van der Waals surface area contributed by atoms with Crippen LogP contribution in [0.25, 0.3) is 0 Å². The van der Waals surface area contributed by atoms with Crippen molar-refractivity contribution in [3.63, 3.8) is 0 Å². The van der Waals surface area contributed by atoms with Crippen molar-refractivity contribution in [1.82, 2.24) is 10.2 Å². The summed E-state index contributed by atoms with van der Waals surface area (Å²) in [5.41, 5.74) is 1.36. The molecule has 31 heavy (non-hydrogen) atoms. The predicted molar refractivity (Wildman–Crippen MR) is 118 cm³/mol. The average Bonchev–Trinajstić information content (AvgIpc) is 3.35. The molecule has 1 aliphatic carbocycles. The number of carbonyl (C=O) groups is 1. The Kier molecular flexibility index (Phi) is 6.77. The maximum atomic E-state index is 12.8. The lowest BCUT2D eigenvalue weighted by atomic mass is 9.82. The highest BCUT2D eigenvalue weighted by atomic mass is 16.5. The molecule has 6 heteroatoms. The molecule has 1 saturated carbocycles. The zero-order chi connectivity index (χ0) is 21.0. The third-order valence-electron chi connectivity index (χ3n) is 7.62. The average molecular weight is 429 g/mol. The van der Waals surface area contributed by atoms with Gasteiger partial charge in [-0.05, 0) is 75.5 Å². The molecule has 1 N–H and O–H groups in total. The Balaban J connectivity index is 1.31. The van der Waals surface area contributed by atoms with Crippen molar-refractivity contribution in [2.75, 3.05) is 32.9 Å². The summed E-state index contributed by atoms with van der Waals surface area (Å²) in [6, 6.07) is 8.86. The zero-order valence-corrected chi connectivity index (χ0v) is 18.5. The SMILES string of the molecule is O=C(N[C@H]1CCCN2CCOc3ccccc3C3CCC(CC3)OC[C@@H]12)[C@@H]1CCCO1. The fourth-order valence-electron chi connectivity index (χ4n) is 5.85. The Hall–Kier alpha value is -1.63. The number of carbonyl (C=O) groups excluding carboxylic acids is 1. The molecule has 1 aromatic carbocycles. The fraction of sp³-hybridized carbons (Fsp3) is 0.720. The van der Waals surface area contributed by atoms with Gasteiger partial charge in [0.15, 0.2) is 0 Å². The van der Waals surface area contributed by atoms with Gasteiger partial charge >= 0.3 is 0 Å². The quantitative estimate of drug-likeness (QED) is 0.784. The number of para-hydroxylation sites is 1. The van der Waals surface area contributed by atoms with Crippen LogP contribution in [0, 0.1) is 0 Å². The topological polar surface area (TPSA) is 60.0 Å². The number of benzene rings is 1. The number of ether oxygens (including phenoxy) is 3. The van der Waals surface area contributed by atoms with Crippen LogP contribution >= 0.6 is 0 Å². The van der Waals surface area contributed by atoms with Gasteiger partial charge in [-0.2, -0.15) is 0 Å². The molecule has 3 fully saturated rings. The van der Waals surface area contributed by atoms with Crippen molar-refractivity contribution in [1.29, 1.82) is 0 Å². The Labute approximate surface area is 185 Å². The molecule has 1 amide bonds. The minimum absolute atomic E-state index is 0.0537. The van der Waals surface area contributed by atoms with Crippen LogP contribution in [0.1, 0.15) is 62.8 Å². The van der Waals surface area contributed by atoms with Gasteiger partial charge in [-0.3, -0.25) is 9.69 Å². The zero-order valence-electron chi connectivity index (χ0n) is 18.5. The summed E-state index contributed by atoms with van der Waals surface area (Å²) in [4.78, 5) is 15.2. The van der Waals surface area contributed by atoms with Crippen LogP contribution in [-0.2, 0) is 14.3 Å². The van der Waals surface area contributed by atoms with E-state index in [2.05, 4.69) is 34.5 Å². The molecule has 0 unspecified atom stereocenters. The Morgan fingerprint density at radius 2 is 1.81 bits per heavy atom. The Morgan fingerprint density at radius 1 is 0.935 bits per heavy atom. The van der Waals surface area contributed by atoms with Crippen LogP contribution in [0.2, 0.25) is 0 Å². The molecule has 1 aromatic rings. The molecular formula is C25H36N2O4. The molecule has 6 nitrogen and oxygen atoms in total. The summed E-state index contributed by atoms with van der Waals surface area (Å²) in [7, 11) is 0. The summed E-state index contributed by atoms with van der Waals surface area (Å²) in [5.74, 6) is 1.67. The van der Waals surface area contributed by atoms with E-state index < -0.39 is 0 Å². The standard InChI is InChI=1S/C25H36N2O4/c28-25(24-8-4-15-29-24)26-21-6-3-13-27-14-16-30-23-7-2-1-5-20(23)18-9-11-19(12-10-18)31-17-22(21)27/h1-2,5,7,18-19,21-22,24H,3-4,6,8-17H2,(H,26,28)/t18?,19?,21-,22-,24-/m0/s1. The third-order valence-corrected chi connectivity index (χ3v) is 7.62. The second-order valence-electron chi connectivity index (χ2n) is 9.56. The van der Waals surface area contributed by atoms with E-state index in [1.807, 2.05) is 0 Å². The highest BCUT2D eigenvalue weighted by molar-refractivity contribution is 5.81. The van der Waals surface area contributed by atoms with E-state index in [0.29, 0.717) is 31.8 Å². The number of hydrogen-bond acceptors (Lipinski definition) is 5. The second kappa shape index (κ2) is 9.88. The van der Waals surface area contributed by atoms with Gasteiger partial charge in [0.25, 0.3) is 0 Å². The van der Waals surface area contributed by atoms with Crippen molar-refractivity contribution in [2.24, 2.45) is 0 Å². The van der Waals surface area contributed by atoms with E-state index in [1.165, 1.54) is 5.56 Å². The van der Waals surface area contributed by atoms with Crippen molar-refractivity contribution < 1.29 is 19.0 Å². The maximum Gasteiger partial charge on any atom is 0.249 e. The third kappa shape index (κ3) is 4.91. The molecule has 5 aliphatic rings. The van der Waals surface area contributed by atoms with E-state index in [9.17, 15) is 4.79 Å². The molecule has 6 rings (SSSR count). The second-order valence-corrected chi connectivity index (χ2v) is 9.56. The minimum atomic E-state index is -0.277. The first-order valence-electron chi connectivity index (χ1n) is 12.3. The van der Waals surface area contributed by atoms with Crippen LogP contribution in [0.15, 0.2) is 24.3 Å². The largest absolute Gasteiger partial charge is 0.492 e. The highest BCUT2D eigenvalue weighted by Crippen LogP contribution is 2.38. The molecule has 4 aliphatic heterocycles. The minimum Gasteiger partial charge on any atom is -0.492 e. The molecule has 4 heterocycles. The number of rotatable bonds is 2. The summed E-state index contributed by atoms with van der Waals surface area (Å²) in [6.07, 6.45) is 8.43. The molecule has 3 atom stereocenters. The van der Waals surface area contributed by atoms with Crippen molar-refractivity contribution in [3.05, 3.63) is 29.8 Å². The van der Waals surface area contributed by atoms with Gasteiger partial charge in [-0.15, -0.1) is 0 Å². The fourth-order valence-corrected chi connectivity index (χ4v) is 5.85. The van der Waals surface area contributed by atoms with E-state index in [1.54, 1.807) is 0 Å². The molecule has 0 spiro atoms. The normalized spacial score (nSPS) is 34.4. The molecule has 170 valence electrons. The van der Waals surface area contributed by atoms with Gasteiger partial charge in [-0.1, -0.05) is 18.2 Å². The lowest BCUT2D eigenvalue weighted by Crippen LogP contribution is -2.59. The molecular weight excluding hydrogens is 392 g/mol. The number of piperidine rings is 1. The monoisotopic (exact) mass is 428 g/mol. The number of fused-ring (bicyclic) bond motifs is 5. The highest BCUT2D eigenvalue weighted by Gasteiger charge is 2.36. The Morgan fingerprint density at radius 3 is 2.65 bits per heavy atom. The Bertz CT molecular complexity index is 743. The van der Waals surface area contributed by atoms with Gasteiger partial charge in [0.05, 0.1) is 18.8 Å². The van der Waals surface area contributed by atoms with Crippen molar-refractivity contribution >= 4 is 5.91 Å². The summed E-state index contributed by atoms with van der Waals surface area (Å²) < 4.78 is 18.4. The van der Waals surface area contributed by atoms with Crippen LogP contribution in [-0.4, -0.2) is 68.0 Å². The first-order chi connectivity index (χ1) is 15.3. The number of hydrogen-bond donors (Lipinski definition) is 1. The van der Waals surface area contributed by atoms with E-state index in [0.717, 1.165) is 70.2 Å². The van der Waals surface area contributed by atoms with Crippen molar-refractivity contribution in [2.45, 2.75) is 81.6 Å². The number of amides is 1. The van der Waals surface area contributed by atoms with Crippen molar-refractivity contribution in [3.8, 4) is 5.75 Å². The van der Waals surface area contributed by atoms with Gasteiger partial charge in [-0.25, -0.2) is 0 Å². The van der Waals surface area contributed by atoms with Gasteiger partial charge < -0.3 is 19.5 Å². The lowest BCUT2D eigenvalue weighted by molar-refractivity contribution is -0.132. The molecule has 0 aromatic heterocycles. The molecule has 0 radical (unpaired) electrons. The first-order valence-corrected chi connectivity index (χ1v) is 12.3. The van der Waals surface area contributed by atoms with E-state index in [-0.39, 0.29) is 24.1 Å². The van der Waals surface area contributed by atoms with Gasteiger partial charge in [0, 0.05) is 19.2 Å². The van der Waals surface area contributed by atoms with E-state index >= 15 is 0 Å². The van der Waals surface area contributed by atoms with Crippen LogP contribution in [0.3, 0.4) is 0 Å². The molecule has 2 saturated heterocycles. The van der Waals surface area contributed by atoms with Crippen LogP contribution < -0.4 is 10.1 Å². The summed E-state index contributed by atoms with van der Waals surface area (Å²) in [6.45, 7) is 3.92. The smallest absolute Gasteiger partial charge is 0.249 e. The van der Waals surface area contributed by atoms with Crippen LogP contribution in [0.5, 0.6) is 5.75 Å².